The molecule has 2 nitrogen and oxygen atoms in total. The standard InChI is InChI=1S/C10H6F13NO/c11-5(6(12)13)7(14,10(21,22)23)24-1-3(8(15,16)17)25-4(2-24)9(18,19)20/h3-4H,1-2H2. The van der Waals surface area contributed by atoms with Gasteiger partial charge >= 0.3 is 30.4 Å². The number of rotatable bonds is 2. The van der Waals surface area contributed by atoms with Crippen LogP contribution < -0.4 is 0 Å². The van der Waals surface area contributed by atoms with Gasteiger partial charge in [-0.2, -0.15) is 48.3 Å². The summed E-state index contributed by atoms with van der Waals surface area (Å²) < 4.78 is 168. The van der Waals surface area contributed by atoms with E-state index in [2.05, 4.69) is 4.74 Å². The van der Waals surface area contributed by atoms with Crippen LogP contribution in [0.1, 0.15) is 0 Å². The highest BCUT2D eigenvalue weighted by atomic mass is 19.4. The summed E-state index contributed by atoms with van der Waals surface area (Å²) in [5.74, 6) is -9.76. The van der Waals surface area contributed by atoms with Crippen LogP contribution in [0.3, 0.4) is 0 Å². The van der Waals surface area contributed by atoms with Gasteiger partial charge in [0.15, 0.2) is 12.2 Å². The number of morpholine rings is 1. The van der Waals surface area contributed by atoms with Gasteiger partial charge < -0.3 is 4.74 Å². The van der Waals surface area contributed by atoms with E-state index in [1.54, 1.807) is 0 Å². The molecule has 0 aromatic heterocycles. The monoisotopic (exact) mass is 403 g/mol. The maximum atomic E-state index is 14.0. The molecule has 0 aliphatic carbocycles. The van der Waals surface area contributed by atoms with Gasteiger partial charge in [0.25, 0.3) is 0 Å². The molecule has 3 unspecified atom stereocenters. The summed E-state index contributed by atoms with van der Waals surface area (Å²) in [6.45, 7) is -4.60. The lowest BCUT2D eigenvalue weighted by atomic mass is 10.1. The van der Waals surface area contributed by atoms with E-state index in [0.29, 0.717) is 0 Å². The predicted octanol–water partition coefficient (Wildman–Crippen LogP) is 4.49. The fourth-order valence-electron chi connectivity index (χ4n) is 1.94. The molecule has 25 heavy (non-hydrogen) atoms. The minimum absolute atomic E-state index is 1.36. The van der Waals surface area contributed by atoms with Crippen LogP contribution in [0.25, 0.3) is 0 Å². The maximum absolute atomic E-state index is 14.0. The summed E-state index contributed by atoms with van der Waals surface area (Å²) in [6, 6.07) is 0. The van der Waals surface area contributed by atoms with Crippen LogP contribution in [0.15, 0.2) is 11.9 Å². The smallest absolute Gasteiger partial charge is 0.353 e. The summed E-state index contributed by atoms with van der Waals surface area (Å²) >= 11 is 0. The average Bonchev–Trinajstić information content (AvgIpc) is 2.41. The lowest BCUT2D eigenvalue weighted by Crippen LogP contribution is -2.66. The van der Waals surface area contributed by atoms with Gasteiger partial charge in [0.2, 0.25) is 5.83 Å². The van der Waals surface area contributed by atoms with Gasteiger partial charge in [0, 0.05) is 13.1 Å². The van der Waals surface area contributed by atoms with Gasteiger partial charge in [0.05, 0.1) is 0 Å². The zero-order chi connectivity index (χ0) is 20.0. The molecule has 3 atom stereocenters. The topological polar surface area (TPSA) is 12.5 Å². The Bertz CT molecular complexity index is 494. The van der Waals surface area contributed by atoms with E-state index in [1.807, 2.05) is 0 Å². The zero-order valence-corrected chi connectivity index (χ0v) is 11.3. The highest BCUT2D eigenvalue weighted by molar-refractivity contribution is 5.15. The van der Waals surface area contributed by atoms with Crippen molar-refractivity contribution in [1.82, 2.24) is 4.90 Å². The molecular formula is C10H6F13NO. The molecule has 0 amide bonds. The Morgan fingerprint density at radius 2 is 1.08 bits per heavy atom. The van der Waals surface area contributed by atoms with Gasteiger partial charge in [-0.1, -0.05) is 0 Å². The largest absolute Gasteiger partial charge is 0.443 e. The average molecular weight is 403 g/mol. The third kappa shape index (κ3) is 4.30. The van der Waals surface area contributed by atoms with Crippen molar-refractivity contribution in [3.8, 4) is 0 Å². The number of hydrogen-bond acceptors (Lipinski definition) is 2. The van der Waals surface area contributed by atoms with E-state index >= 15 is 0 Å². The van der Waals surface area contributed by atoms with Crippen molar-refractivity contribution in [3.05, 3.63) is 11.9 Å². The molecule has 1 aliphatic rings. The number of halogens is 13. The van der Waals surface area contributed by atoms with E-state index in [1.165, 1.54) is 0 Å². The minimum atomic E-state index is -6.61. The Morgan fingerprint density at radius 3 is 1.32 bits per heavy atom. The third-order valence-corrected chi connectivity index (χ3v) is 3.10. The van der Waals surface area contributed by atoms with Gasteiger partial charge in [0.1, 0.15) is 0 Å². The summed E-state index contributed by atoms with van der Waals surface area (Å²) in [4.78, 5) is -1.36. The molecular weight excluding hydrogens is 397 g/mol. The van der Waals surface area contributed by atoms with Crippen LogP contribution in [-0.4, -0.2) is 54.5 Å². The van der Waals surface area contributed by atoms with Gasteiger partial charge in [-0.3, -0.25) is 4.90 Å². The third-order valence-electron chi connectivity index (χ3n) is 3.10. The lowest BCUT2D eigenvalue weighted by Gasteiger charge is -2.44. The van der Waals surface area contributed by atoms with Crippen molar-refractivity contribution in [1.29, 1.82) is 0 Å². The Hall–Kier alpha value is -1.25. The van der Waals surface area contributed by atoms with Crippen LogP contribution in [0, 0.1) is 0 Å². The number of alkyl halides is 10. The van der Waals surface area contributed by atoms with Crippen molar-refractivity contribution < 1.29 is 61.8 Å². The van der Waals surface area contributed by atoms with Gasteiger partial charge in [-0.15, -0.1) is 0 Å². The fraction of sp³-hybridized carbons (Fsp3) is 0.800. The molecule has 0 aromatic rings. The maximum Gasteiger partial charge on any atom is 0.443 e. The first-order valence-electron chi connectivity index (χ1n) is 5.93. The molecule has 1 fully saturated rings. The molecule has 1 heterocycles. The predicted molar refractivity (Wildman–Crippen MR) is 52.6 cm³/mol. The molecule has 0 spiro atoms. The number of nitrogens with zero attached hydrogens (tertiary/aromatic N) is 1. The quantitative estimate of drug-likeness (QED) is 0.498. The van der Waals surface area contributed by atoms with Crippen molar-refractivity contribution in [2.24, 2.45) is 0 Å². The summed E-state index contributed by atoms with van der Waals surface area (Å²) in [7, 11) is 0. The Kier molecular flexibility index (Phi) is 5.65. The number of ether oxygens (including phenoxy) is 1. The molecule has 0 radical (unpaired) electrons. The number of hydrogen-bond donors (Lipinski definition) is 0. The second kappa shape index (κ2) is 6.48. The van der Waals surface area contributed by atoms with Crippen LogP contribution in [-0.2, 0) is 4.74 Å². The van der Waals surface area contributed by atoms with Crippen molar-refractivity contribution in [3.63, 3.8) is 0 Å². The summed E-state index contributed by atoms with van der Waals surface area (Å²) in [6.07, 6.45) is -29.2. The Balaban J connectivity index is 3.45. The zero-order valence-electron chi connectivity index (χ0n) is 11.3. The van der Waals surface area contributed by atoms with Crippen molar-refractivity contribution in [2.75, 3.05) is 13.1 Å². The highest BCUT2D eigenvalue weighted by Gasteiger charge is 2.68. The molecule has 0 saturated carbocycles. The Labute approximate surface area is 129 Å². The van der Waals surface area contributed by atoms with E-state index < -0.39 is 66.4 Å². The van der Waals surface area contributed by atoms with E-state index in [0.717, 1.165) is 0 Å². The van der Waals surface area contributed by atoms with Crippen LogP contribution in [0.2, 0.25) is 0 Å². The molecule has 148 valence electrons. The fourth-order valence-corrected chi connectivity index (χ4v) is 1.94. The molecule has 1 saturated heterocycles. The minimum Gasteiger partial charge on any atom is -0.353 e. The molecule has 0 aromatic carbocycles. The van der Waals surface area contributed by atoms with Crippen LogP contribution in [0.4, 0.5) is 57.1 Å². The summed E-state index contributed by atoms with van der Waals surface area (Å²) in [5.41, 5.74) is 0. The highest BCUT2D eigenvalue weighted by Crippen LogP contribution is 2.47. The first-order valence-corrected chi connectivity index (χ1v) is 5.93. The molecule has 1 rings (SSSR count). The molecule has 0 N–H and O–H groups in total. The lowest BCUT2D eigenvalue weighted by molar-refractivity contribution is -0.341. The summed E-state index contributed by atoms with van der Waals surface area (Å²) in [5, 5.41) is 0. The second-order valence-electron chi connectivity index (χ2n) is 4.80. The Morgan fingerprint density at radius 1 is 0.720 bits per heavy atom. The van der Waals surface area contributed by atoms with Gasteiger partial charge in [-0.05, 0) is 0 Å². The van der Waals surface area contributed by atoms with Gasteiger partial charge in [-0.25, -0.2) is 8.78 Å². The van der Waals surface area contributed by atoms with Crippen molar-refractivity contribution in [2.45, 2.75) is 36.5 Å². The molecule has 15 heteroatoms. The first kappa shape index (κ1) is 21.8. The van der Waals surface area contributed by atoms with Crippen LogP contribution >= 0.6 is 0 Å². The molecule has 0 bridgehead atoms. The molecule has 1 aliphatic heterocycles. The van der Waals surface area contributed by atoms with E-state index in [-0.39, 0.29) is 0 Å². The normalized spacial score (nSPS) is 26.3. The van der Waals surface area contributed by atoms with E-state index in [9.17, 15) is 57.1 Å². The van der Waals surface area contributed by atoms with Crippen molar-refractivity contribution >= 4 is 0 Å². The van der Waals surface area contributed by atoms with E-state index in [4.69, 9.17) is 0 Å². The second-order valence-corrected chi connectivity index (χ2v) is 4.80. The SMILES string of the molecule is FC(F)=C(F)C(F)(N1CC(C(F)(F)F)OC(C(F)(F)F)C1)C(F)(F)F. The first-order chi connectivity index (χ1) is 10.9. The van der Waals surface area contributed by atoms with Crippen LogP contribution in [0.5, 0.6) is 0 Å².